The summed E-state index contributed by atoms with van der Waals surface area (Å²) in [7, 11) is 0. The molecule has 2 N–H and O–H groups in total. The summed E-state index contributed by atoms with van der Waals surface area (Å²) in [5.41, 5.74) is 0.325. The third-order valence-corrected chi connectivity index (χ3v) is 5.34. The Kier molecular flexibility index (Phi) is 4.14. The van der Waals surface area contributed by atoms with Crippen LogP contribution in [0.4, 0.5) is 4.39 Å². The van der Waals surface area contributed by atoms with E-state index in [1.807, 2.05) is 6.92 Å². The van der Waals surface area contributed by atoms with E-state index >= 15 is 0 Å². The molecule has 6 nitrogen and oxygen atoms in total. The fraction of sp³-hybridized carbons (Fsp3) is 0.368. The number of carbonyl (C=O) groups is 2. The Morgan fingerprint density at radius 2 is 1.93 bits per heavy atom. The van der Waals surface area contributed by atoms with Crippen LogP contribution in [-0.4, -0.2) is 29.5 Å². The highest BCUT2D eigenvalue weighted by molar-refractivity contribution is 6.30. The maximum absolute atomic E-state index is 13.4. The minimum atomic E-state index is -0.599. The predicted molar refractivity (Wildman–Crippen MR) is 95.3 cm³/mol. The predicted octanol–water partition coefficient (Wildman–Crippen LogP) is 2.98. The molecular formula is C19H18ClFN2O4. The Bertz CT molecular complexity index is 906. The van der Waals surface area contributed by atoms with Crippen molar-refractivity contribution in [1.82, 2.24) is 10.6 Å². The van der Waals surface area contributed by atoms with Gasteiger partial charge in [0.15, 0.2) is 12.4 Å². The van der Waals surface area contributed by atoms with E-state index in [9.17, 15) is 14.0 Å². The van der Waals surface area contributed by atoms with Crippen LogP contribution in [0.5, 0.6) is 5.75 Å². The summed E-state index contributed by atoms with van der Waals surface area (Å²) in [6.07, 6.45) is 3.55. The van der Waals surface area contributed by atoms with Gasteiger partial charge in [-0.1, -0.05) is 11.6 Å². The number of halogens is 2. The third kappa shape index (κ3) is 3.39. The first-order valence-corrected chi connectivity index (χ1v) is 8.93. The van der Waals surface area contributed by atoms with Crippen molar-refractivity contribution in [2.45, 2.75) is 37.3 Å². The number of furan rings is 1. The smallest absolute Gasteiger partial charge is 0.287 e. The number of ether oxygens (including phenoxy) is 1. The number of hydrogen-bond acceptors (Lipinski definition) is 4. The molecule has 1 aromatic carbocycles. The molecule has 0 radical (unpaired) electrons. The highest BCUT2D eigenvalue weighted by Crippen LogP contribution is 2.60. The van der Waals surface area contributed by atoms with Crippen molar-refractivity contribution in [3.8, 4) is 5.75 Å². The topological polar surface area (TPSA) is 80.6 Å². The van der Waals surface area contributed by atoms with Crippen LogP contribution in [0.15, 0.2) is 34.9 Å². The van der Waals surface area contributed by atoms with E-state index in [4.69, 9.17) is 20.8 Å². The summed E-state index contributed by atoms with van der Waals surface area (Å²) in [5.74, 6) is -0.595. The van der Waals surface area contributed by atoms with Crippen LogP contribution in [0.3, 0.4) is 0 Å². The zero-order chi connectivity index (χ0) is 19.2. The van der Waals surface area contributed by atoms with Crippen LogP contribution in [0, 0.1) is 12.7 Å². The van der Waals surface area contributed by atoms with Crippen LogP contribution in [0.1, 0.15) is 35.4 Å². The summed E-state index contributed by atoms with van der Waals surface area (Å²) < 4.78 is 23.9. The number of nitrogens with one attached hydrogen (secondary N) is 2. The Balaban J connectivity index is 1.23. The number of rotatable bonds is 6. The van der Waals surface area contributed by atoms with E-state index in [1.165, 1.54) is 18.4 Å². The van der Waals surface area contributed by atoms with Crippen LogP contribution < -0.4 is 15.4 Å². The normalized spacial score (nSPS) is 25.1. The van der Waals surface area contributed by atoms with Gasteiger partial charge in [0.05, 0.1) is 11.3 Å². The number of amides is 2. The van der Waals surface area contributed by atoms with Gasteiger partial charge < -0.3 is 19.8 Å². The first-order chi connectivity index (χ1) is 12.8. The van der Waals surface area contributed by atoms with Gasteiger partial charge in [0.1, 0.15) is 11.6 Å². The second-order valence-corrected chi connectivity index (χ2v) is 7.85. The molecule has 2 bridgehead atoms. The first-order valence-electron chi connectivity index (χ1n) is 8.55. The monoisotopic (exact) mass is 392 g/mol. The Morgan fingerprint density at radius 3 is 2.56 bits per heavy atom. The third-order valence-electron chi connectivity index (χ3n) is 5.03. The van der Waals surface area contributed by atoms with E-state index in [-0.39, 0.29) is 40.3 Å². The molecule has 5 rings (SSSR count). The summed E-state index contributed by atoms with van der Waals surface area (Å²) in [6, 6.07) is 5.70. The molecule has 0 aliphatic heterocycles. The van der Waals surface area contributed by atoms with E-state index < -0.39 is 5.82 Å². The van der Waals surface area contributed by atoms with Crippen molar-refractivity contribution in [1.29, 1.82) is 0 Å². The second-order valence-electron chi connectivity index (χ2n) is 7.45. The highest BCUT2D eigenvalue weighted by Gasteiger charge is 2.69. The molecular weight excluding hydrogens is 375 g/mol. The summed E-state index contributed by atoms with van der Waals surface area (Å²) in [4.78, 5) is 24.3. The number of benzene rings is 1. The zero-order valence-corrected chi connectivity index (χ0v) is 15.4. The van der Waals surface area contributed by atoms with Crippen LogP contribution in [-0.2, 0) is 4.79 Å². The molecule has 3 aliphatic rings. The molecule has 1 aromatic heterocycles. The van der Waals surface area contributed by atoms with Crippen molar-refractivity contribution in [2.24, 2.45) is 0 Å². The van der Waals surface area contributed by atoms with Crippen molar-refractivity contribution >= 4 is 23.4 Å². The fourth-order valence-corrected chi connectivity index (χ4v) is 4.07. The van der Waals surface area contributed by atoms with Crippen molar-refractivity contribution in [2.75, 3.05) is 6.61 Å². The van der Waals surface area contributed by atoms with Gasteiger partial charge in [-0.15, -0.1) is 0 Å². The first kappa shape index (κ1) is 17.9. The Labute approximate surface area is 160 Å². The quantitative estimate of drug-likeness (QED) is 0.792. The van der Waals surface area contributed by atoms with Crippen LogP contribution in [0.2, 0.25) is 5.02 Å². The van der Waals surface area contributed by atoms with Gasteiger partial charge in [0.2, 0.25) is 0 Å². The Morgan fingerprint density at radius 1 is 1.22 bits per heavy atom. The minimum Gasteiger partial charge on any atom is -0.484 e. The maximum atomic E-state index is 13.4. The molecule has 3 aliphatic carbocycles. The lowest BCUT2D eigenvalue weighted by molar-refractivity contribution is -0.141. The van der Waals surface area contributed by atoms with Crippen molar-refractivity contribution in [3.05, 3.63) is 52.7 Å². The summed E-state index contributed by atoms with van der Waals surface area (Å²) >= 11 is 5.61. The molecule has 0 unspecified atom stereocenters. The molecule has 0 saturated heterocycles. The molecule has 0 spiro atoms. The van der Waals surface area contributed by atoms with Gasteiger partial charge in [-0.3, -0.25) is 9.59 Å². The number of carbonyl (C=O) groups excluding carboxylic acids is 2. The summed E-state index contributed by atoms with van der Waals surface area (Å²) in [5, 5.41) is 5.92. The largest absolute Gasteiger partial charge is 0.484 e. The number of hydrogen-bond donors (Lipinski definition) is 2. The highest BCUT2D eigenvalue weighted by atomic mass is 35.5. The number of aryl methyl sites for hydroxylation is 1. The van der Waals surface area contributed by atoms with E-state index in [0.29, 0.717) is 25.0 Å². The maximum Gasteiger partial charge on any atom is 0.287 e. The van der Waals surface area contributed by atoms with E-state index in [1.54, 1.807) is 6.07 Å². The standard InChI is InChI=1S/C19H18ClFN2O4/c1-11-4-15(27-6-11)17(25)23-19-8-18(9-19,10-19)22-16(24)7-26-12-2-3-13(20)14(21)5-12/h2-6H,7-10H2,1H3,(H,22,24)(H,23,25). The van der Waals surface area contributed by atoms with E-state index in [2.05, 4.69) is 10.6 Å². The SMILES string of the molecule is Cc1coc(C(=O)NC23CC(NC(=O)COc4ccc(Cl)c(F)c4)(C2)C3)c1. The van der Waals surface area contributed by atoms with E-state index in [0.717, 1.165) is 11.6 Å². The van der Waals surface area contributed by atoms with Gasteiger partial charge in [-0.2, -0.15) is 0 Å². The fourth-order valence-electron chi connectivity index (χ4n) is 3.95. The molecule has 3 saturated carbocycles. The lowest BCUT2D eigenvalue weighted by atomic mass is 9.44. The average molecular weight is 393 g/mol. The van der Waals surface area contributed by atoms with Crippen molar-refractivity contribution < 1.29 is 23.1 Å². The van der Waals surface area contributed by atoms with Gasteiger partial charge in [0.25, 0.3) is 11.8 Å². The molecule has 0 atom stereocenters. The average Bonchev–Trinajstić information content (AvgIpc) is 2.99. The molecule has 2 aromatic rings. The van der Waals surface area contributed by atoms with Gasteiger partial charge >= 0.3 is 0 Å². The lowest BCUT2D eigenvalue weighted by Gasteiger charge is -2.70. The lowest BCUT2D eigenvalue weighted by Crippen LogP contribution is -2.84. The minimum absolute atomic E-state index is 0.00211. The molecule has 27 heavy (non-hydrogen) atoms. The van der Waals surface area contributed by atoms with Crippen molar-refractivity contribution in [3.63, 3.8) is 0 Å². The van der Waals surface area contributed by atoms with Gasteiger partial charge in [-0.05, 0) is 49.9 Å². The van der Waals surface area contributed by atoms with Gasteiger partial charge in [-0.25, -0.2) is 4.39 Å². The molecule has 142 valence electrons. The Hall–Kier alpha value is -2.54. The molecule has 8 heteroatoms. The molecule has 3 fully saturated rings. The van der Waals surface area contributed by atoms with Crippen LogP contribution in [0.25, 0.3) is 0 Å². The molecule has 1 heterocycles. The van der Waals surface area contributed by atoms with Gasteiger partial charge in [0, 0.05) is 17.1 Å². The summed E-state index contributed by atoms with van der Waals surface area (Å²) in [6.45, 7) is 1.64. The zero-order valence-electron chi connectivity index (χ0n) is 14.6. The molecule has 2 amide bonds. The second kappa shape index (κ2) is 6.27. The van der Waals surface area contributed by atoms with Crippen LogP contribution >= 0.6 is 11.6 Å².